The lowest BCUT2D eigenvalue weighted by molar-refractivity contribution is -0.117. The summed E-state index contributed by atoms with van der Waals surface area (Å²) in [7, 11) is 0. The Bertz CT molecular complexity index is 970. The zero-order valence-corrected chi connectivity index (χ0v) is 16.8. The minimum absolute atomic E-state index is 0.0120. The van der Waals surface area contributed by atoms with Gasteiger partial charge in [-0.25, -0.2) is 0 Å². The summed E-state index contributed by atoms with van der Waals surface area (Å²) in [6.45, 7) is 4.25. The first-order chi connectivity index (χ1) is 13.9. The van der Waals surface area contributed by atoms with Crippen molar-refractivity contribution >= 4 is 29.1 Å². The molecule has 0 bridgehead atoms. The molecule has 0 aromatic heterocycles. The summed E-state index contributed by atoms with van der Waals surface area (Å²) in [4.78, 5) is 41.6. The zero-order valence-electron chi connectivity index (χ0n) is 16.8. The molecule has 0 aliphatic carbocycles. The van der Waals surface area contributed by atoms with Gasteiger partial charge in [0.1, 0.15) is 5.66 Å². The highest BCUT2D eigenvalue weighted by Gasteiger charge is 2.52. The Morgan fingerprint density at radius 1 is 1.10 bits per heavy atom. The highest BCUT2D eigenvalue weighted by atomic mass is 16.2. The molecule has 2 aliphatic rings. The van der Waals surface area contributed by atoms with Crippen molar-refractivity contribution in [3.8, 4) is 0 Å². The molecule has 150 valence electrons. The Balaban J connectivity index is 1.51. The van der Waals surface area contributed by atoms with E-state index in [1.54, 1.807) is 21.9 Å². The highest BCUT2D eigenvalue weighted by molar-refractivity contribution is 6.10. The van der Waals surface area contributed by atoms with Crippen LogP contribution in [0.25, 0.3) is 0 Å². The van der Waals surface area contributed by atoms with Crippen LogP contribution >= 0.6 is 0 Å². The van der Waals surface area contributed by atoms with Crippen LogP contribution in [0.1, 0.15) is 49.0 Å². The number of nitrogens with zero attached hydrogens (tertiary/aromatic N) is 2. The van der Waals surface area contributed by atoms with Crippen molar-refractivity contribution in [2.75, 3.05) is 16.8 Å². The minimum atomic E-state index is -0.731. The standard InChI is InChI=1S/C23H25N3O3/c1-3-16-8-10-17(11-9-16)24-20(27)13-15-25-22(29)18-6-4-5-7-19(18)26-21(28)12-14-23(25,26)2/h4-11H,3,12-15H2,1-2H3,(H,24,27). The van der Waals surface area contributed by atoms with Crippen LogP contribution in [0.4, 0.5) is 11.4 Å². The fraction of sp³-hybridized carbons (Fsp3) is 0.348. The van der Waals surface area contributed by atoms with Gasteiger partial charge in [-0.1, -0.05) is 31.2 Å². The molecule has 1 atom stereocenters. The SMILES string of the molecule is CCc1ccc(NC(=O)CCN2C(=O)c3ccccc3N3C(=O)CCC23C)cc1. The second-order valence-corrected chi connectivity index (χ2v) is 7.77. The molecule has 4 rings (SSSR count). The molecule has 1 unspecified atom stereocenters. The average molecular weight is 391 g/mol. The van der Waals surface area contributed by atoms with Crippen molar-refractivity contribution in [1.82, 2.24) is 4.90 Å². The molecule has 2 aromatic rings. The maximum atomic E-state index is 13.2. The number of aryl methyl sites for hydroxylation is 1. The van der Waals surface area contributed by atoms with Crippen LogP contribution < -0.4 is 10.2 Å². The second kappa shape index (κ2) is 7.35. The summed E-state index contributed by atoms with van der Waals surface area (Å²) in [6.07, 6.45) is 2.07. The van der Waals surface area contributed by atoms with E-state index in [0.29, 0.717) is 24.1 Å². The van der Waals surface area contributed by atoms with Gasteiger partial charge in [0.15, 0.2) is 0 Å². The fourth-order valence-electron chi connectivity index (χ4n) is 4.30. The van der Waals surface area contributed by atoms with Crippen LogP contribution in [0.5, 0.6) is 0 Å². The normalized spacial score (nSPS) is 20.5. The monoisotopic (exact) mass is 391 g/mol. The molecule has 2 heterocycles. The Morgan fingerprint density at radius 3 is 2.55 bits per heavy atom. The van der Waals surface area contributed by atoms with Gasteiger partial charge in [-0.15, -0.1) is 0 Å². The van der Waals surface area contributed by atoms with E-state index in [0.717, 1.165) is 12.1 Å². The smallest absolute Gasteiger partial charge is 0.257 e. The van der Waals surface area contributed by atoms with Crippen molar-refractivity contribution in [1.29, 1.82) is 0 Å². The predicted molar refractivity (Wildman–Crippen MR) is 112 cm³/mol. The Hall–Kier alpha value is -3.15. The summed E-state index contributed by atoms with van der Waals surface area (Å²) in [5, 5.41) is 2.89. The molecule has 6 nitrogen and oxygen atoms in total. The number of nitrogens with one attached hydrogen (secondary N) is 1. The van der Waals surface area contributed by atoms with Gasteiger partial charge in [-0.2, -0.15) is 0 Å². The maximum Gasteiger partial charge on any atom is 0.257 e. The highest BCUT2D eigenvalue weighted by Crippen LogP contribution is 2.43. The van der Waals surface area contributed by atoms with Crippen LogP contribution in [-0.4, -0.2) is 34.8 Å². The number of carbonyl (C=O) groups excluding carboxylic acids is 3. The van der Waals surface area contributed by atoms with E-state index in [2.05, 4.69) is 12.2 Å². The molecule has 3 amide bonds. The summed E-state index contributed by atoms with van der Waals surface area (Å²) in [6, 6.07) is 14.9. The van der Waals surface area contributed by atoms with Gasteiger partial charge in [-0.05, 0) is 49.6 Å². The molecule has 0 radical (unpaired) electrons. The van der Waals surface area contributed by atoms with E-state index in [9.17, 15) is 14.4 Å². The van der Waals surface area contributed by atoms with Gasteiger partial charge in [0.25, 0.3) is 5.91 Å². The summed E-state index contributed by atoms with van der Waals surface area (Å²) < 4.78 is 0. The summed E-state index contributed by atoms with van der Waals surface area (Å²) >= 11 is 0. The molecule has 1 saturated heterocycles. The van der Waals surface area contributed by atoms with E-state index in [4.69, 9.17) is 0 Å². The summed E-state index contributed by atoms with van der Waals surface area (Å²) in [5.74, 6) is -0.271. The predicted octanol–water partition coefficient (Wildman–Crippen LogP) is 3.58. The first-order valence-electron chi connectivity index (χ1n) is 10.1. The van der Waals surface area contributed by atoms with Crippen molar-refractivity contribution < 1.29 is 14.4 Å². The number of hydrogen-bond acceptors (Lipinski definition) is 3. The molecule has 29 heavy (non-hydrogen) atoms. The van der Waals surface area contributed by atoms with Gasteiger partial charge < -0.3 is 10.2 Å². The third kappa shape index (κ3) is 3.28. The van der Waals surface area contributed by atoms with Gasteiger partial charge >= 0.3 is 0 Å². The van der Waals surface area contributed by atoms with Crippen LogP contribution in [0, 0.1) is 0 Å². The number of anilines is 2. The van der Waals surface area contributed by atoms with Gasteiger partial charge in [0.05, 0.1) is 11.3 Å². The van der Waals surface area contributed by atoms with E-state index < -0.39 is 5.66 Å². The Morgan fingerprint density at radius 2 is 1.83 bits per heavy atom. The lowest BCUT2D eigenvalue weighted by Gasteiger charge is -2.48. The van der Waals surface area contributed by atoms with Gasteiger partial charge in [0, 0.05) is 25.1 Å². The Labute approximate surface area is 170 Å². The number of rotatable bonds is 5. The Kier molecular flexibility index (Phi) is 4.86. The third-order valence-electron chi connectivity index (χ3n) is 5.95. The van der Waals surface area contributed by atoms with E-state index in [-0.39, 0.29) is 30.7 Å². The number of fused-ring (bicyclic) bond motifs is 3. The number of amides is 3. The fourth-order valence-corrected chi connectivity index (χ4v) is 4.30. The molecular formula is C23H25N3O3. The van der Waals surface area contributed by atoms with Crippen LogP contribution in [-0.2, 0) is 16.0 Å². The van der Waals surface area contributed by atoms with Crippen LogP contribution in [0.3, 0.4) is 0 Å². The second-order valence-electron chi connectivity index (χ2n) is 7.77. The maximum absolute atomic E-state index is 13.2. The average Bonchev–Trinajstić information content (AvgIpc) is 3.03. The van der Waals surface area contributed by atoms with Crippen molar-refractivity contribution in [2.45, 2.75) is 45.2 Å². The number of para-hydroxylation sites is 1. The van der Waals surface area contributed by atoms with E-state index in [1.165, 1.54) is 5.56 Å². The van der Waals surface area contributed by atoms with Crippen LogP contribution in [0.15, 0.2) is 48.5 Å². The van der Waals surface area contributed by atoms with E-state index >= 15 is 0 Å². The largest absolute Gasteiger partial charge is 0.326 e. The molecule has 6 heteroatoms. The van der Waals surface area contributed by atoms with Gasteiger partial charge in [-0.3, -0.25) is 19.3 Å². The first-order valence-corrected chi connectivity index (χ1v) is 10.1. The molecule has 0 spiro atoms. The zero-order chi connectivity index (χ0) is 20.6. The van der Waals surface area contributed by atoms with E-state index in [1.807, 2.05) is 43.3 Å². The molecule has 1 N–H and O–H groups in total. The van der Waals surface area contributed by atoms with Crippen LogP contribution in [0.2, 0.25) is 0 Å². The minimum Gasteiger partial charge on any atom is -0.326 e. The van der Waals surface area contributed by atoms with Gasteiger partial charge in [0.2, 0.25) is 11.8 Å². The third-order valence-corrected chi connectivity index (χ3v) is 5.95. The topological polar surface area (TPSA) is 69.7 Å². The number of hydrogen-bond donors (Lipinski definition) is 1. The molecule has 1 fully saturated rings. The molecule has 2 aromatic carbocycles. The van der Waals surface area contributed by atoms with Crippen molar-refractivity contribution in [3.63, 3.8) is 0 Å². The molecule has 2 aliphatic heterocycles. The van der Waals surface area contributed by atoms with Crippen molar-refractivity contribution in [3.05, 3.63) is 59.7 Å². The van der Waals surface area contributed by atoms with Crippen molar-refractivity contribution in [2.24, 2.45) is 0 Å². The summed E-state index contributed by atoms with van der Waals surface area (Å²) in [5.41, 5.74) is 2.40. The number of benzene rings is 2. The first kappa shape index (κ1) is 19.2. The lowest BCUT2D eigenvalue weighted by atomic mass is 9.98. The quantitative estimate of drug-likeness (QED) is 0.847. The number of carbonyl (C=O) groups is 3. The molecular weight excluding hydrogens is 366 g/mol. The molecule has 0 saturated carbocycles. The lowest BCUT2D eigenvalue weighted by Crippen LogP contribution is -2.62.